The Morgan fingerprint density at radius 3 is 1.91 bits per heavy atom. The number of carbonyl (C=O) groups is 2. The van der Waals surface area contributed by atoms with E-state index in [0.29, 0.717) is 49.0 Å². The van der Waals surface area contributed by atoms with E-state index < -0.39 is 28.6 Å². The molecule has 0 bridgehead atoms. The molecule has 4 N–H and O–H groups in total. The van der Waals surface area contributed by atoms with Crippen molar-refractivity contribution in [2.45, 2.75) is 26.9 Å². The topological polar surface area (TPSA) is 175 Å². The van der Waals surface area contributed by atoms with Crippen molar-refractivity contribution in [1.29, 1.82) is 0 Å². The molecule has 5 heterocycles. The maximum Gasteiger partial charge on any atom is 0.341 e. The highest BCUT2D eigenvalue weighted by atomic mass is 19.1. The lowest BCUT2D eigenvalue weighted by molar-refractivity contribution is 0.0684. The molecule has 15 heteroatoms. The van der Waals surface area contributed by atoms with Crippen LogP contribution in [0.1, 0.15) is 34.6 Å². The number of carboxylic acid groups (broad SMARTS) is 2. The fourth-order valence-corrected chi connectivity index (χ4v) is 5.54. The number of benzene rings is 1. The van der Waals surface area contributed by atoms with Gasteiger partial charge in [0.05, 0.1) is 16.6 Å². The number of pyridine rings is 2. The average molecular weight is 623 g/mol. The molecule has 0 amide bonds. The Morgan fingerprint density at radius 2 is 1.36 bits per heavy atom. The SMILES string of the molecule is CCn1cc(C(=O)O)c(=O)c2cc(F)c(N3CCNCC3)cc21.CCn1cc(C(=O)O)c(=O)c2cnc(N3CCNCC3)nc21. The third-order valence-electron chi connectivity index (χ3n) is 7.95. The third kappa shape index (κ3) is 6.35. The average Bonchev–Trinajstić information content (AvgIpc) is 3.06. The summed E-state index contributed by atoms with van der Waals surface area (Å²) in [5.74, 6) is -2.47. The summed E-state index contributed by atoms with van der Waals surface area (Å²) in [4.78, 5) is 59.6. The molecule has 2 aliphatic heterocycles. The van der Waals surface area contributed by atoms with Gasteiger partial charge in [-0.25, -0.2) is 19.0 Å². The van der Waals surface area contributed by atoms with Gasteiger partial charge in [-0.2, -0.15) is 4.98 Å². The van der Waals surface area contributed by atoms with E-state index in [2.05, 4.69) is 20.6 Å². The normalized spacial score (nSPS) is 15.2. The van der Waals surface area contributed by atoms with E-state index in [1.165, 1.54) is 18.6 Å². The van der Waals surface area contributed by atoms with Gasteiger partial charge in [-0.1, -0.05) is 0 Å². The first-order valence-corrected chi connectivity index (χ1v) is 14.8. The van der Waals surface area contributed by atoms with Crippen molar-refractivity contribution in [3.05, 3.63) is 68.1 Å². The smallest absolute Gasteiger partial charge is 0.341 e. The molecule has 14 nitrogen and oxygen atoms in total. The Bertz CT molecular complexity index is 1880. The second kappa shape index (κ2) is 13.4. The molecule has 45 heavy (non-hydrogen) atoms. The van der Waals surface area contributed by atoms with Crippen molar-refractivity contribution in [3.8, 4) is 0 Å². The lowest BCUT2D eigenvalue weighted by atomic mass is 10.1. The molecule has 2 fully saturated rings. The molecule has 0 radical (unpaired) electrons. The quantitative estimate of drug-likeness (QED) is 0.242. The Labute approximate surface area is 256 Å². The van der Waals surface area contributed by atoms with Crippen LogP contribution in [0.25, 0.3) is 21.9 Å². The fraction of sp³-hybridized carbons (Fsp3) is 0.400. The van der Waals surface area contributed by atoms with Crippen LogP contribution in [0.4, 0.5) is 16.0 Å². The molecule has 2 aliphatic rings. The molecule has 0 aliphatic carbocycles. The Kier molecular flexibility index (Phi) is 9.39. The van der Waals surface area contributed by atoms with Gasteiger partial charge < -0.3 is 39.8 Å². The number of hydrogen-bond acceptors (Lipinski definition) is 10. The van der Waals surface area contributed by atoms with Crippen LogP contribution < -0.4 is 31.3 Å². The lowest BCUT2D eigenvalue weighted by Gasteiger charge is -2.30. The molecule has 0 saturated carbocycles. The van der Waals surface area contributed by atoms with Crippen LogP contribution in [-0.4, -0.2) is 93.6 Å². The number of anilines is 2. The number of nitrogens with zero attached hydrogens (tertiary/aromatic N) is 6. The highest BCUT2D eigenvalue weighted by Gasteiger charge is 2.21. The van der Waals surface area contributed by atoms with E-state index >= 15 is 0 Å². The first-order valence-electron chi connectivity index (χ1n) is 14.8. The van der Waals surface area contributed by atoms with Gasteiger partial charge in [0.25, 0.3) is 0 Å². The molecule has 1 aromatic carbocycles. The van der Waals surface area contributed by atoms with Gasteiger partial charge >= 0.3 is 11.9 Å². The van der Waals surface area contributed by atoms with E-state index in [1.54, 1.807) is 15.2 Å². The molecule has 238 valence electrons. The minimum Gasteiger partial charge on any atom is -0.477 e. The number of aromatic carboxylic acids is 2. The van der Waals surface area contributed by atoms with Crippen molar-refractivity contribution in [2.75, 3.05) is 62.2 Å². The van der Waals surface area contributed by atoms with E-state index in [1.807, 2.05) is 23.6 Å². The highest BCUT2D eigenvalue weighted by Crippen LogP contribution is 2.25. The molecule has 3 aromatic heterocycles. The van der Waals surface area contributed by atoms with Gasteiger partial charge in [-0.15, -0.1) is 0 Å². The summed E-state index contributed by atoms with van der Waals surface area (Å²) in [6.45, 7) is 11.0. The van der Waals surface area contributed by atoms with Crippen molar-refractivity contribution in [3.63, 3.8) is 0 Å². The van der Waals surface area contributed by atoms with Gasteiger partial charge in [-0.3, -0.25) is 9.59 Å². The predicted molar refractivity (Wildman–Crippen MR) is 167 cm³/mol. The van der Waals surface area contributed by atoms with Crippen LogP contribution in [-0.2, 0) is 13.1 Å². The molecular weight excluding hydrogens is 587 g/mol. The Morgan fingerprint density at radius 1 is 0.822 bits per heavy atom. The number of hydrogen-bond donors (Lipinski definition) is 4. The maximum absolute atomic E-state index is 14.5. The molecule has 0 unspecified atom stereocenters. The number of aromatic nitrogens is 4. The number of piperazine rings is 2. The minimum atomic E-state index is -1.30. The summed E-state index contributed by atoms with van der Waals surface area (Å²) in [6, 6.07) is 2.81. The fourth-order valence-electron chi connectivity index (χ4n) is 5.54. The van der Waals surface area contributed by atoms with Gasteiger partial charge in [0.1, 0.15) is 22.6 Å². The van der Waals surface area contributed by atoms with E-state index in [4.69, 9.17) is 10.2 Å². The van der Waals surface area contributed by atoms with Crippen molar-refractivity contribution < 1.29 is 24.2 Å². The van der Waals surface area contributed by atoms with E-state index in [0.717, 1.165) is 45.3 Å². The summed E-state index contributed by atoms with van der Waals surface area (Å²) in [5, 5.41) is 25.1. The van der Waals surface area contributed by atoms with Crippen LogP contribution >= 0.6 is 0 Å². The molecule has 0 atom stereocenters. The predicted octanol–water partition coefficient (Wildman–Crippen LogP) is 1.19. The standard InChI is InChI=1S/C16H18FN3O3.C14H17N5O3/c1-2-19-9-11(16(22)23)15(21)10-7-12(17)14(8-13(10)19)20-5-3-18-4-6-20;1-2-18-8-10(13(21)22)11(20)9-7-16-14(17-12(9)18)19-5-3-15-4-6-19/h7-9,18H,2-6H2,1H3,(H,22,23);7-8,15H,2-6H2,1H3,(H,21,22). The summed E-state index contributed by atoms with van der Waals surface area (Å²) >= 11 is 0. The summed E-state index contributed by atoms with van der Waals surface area (Å²) in [6.07, 6.45) is 4.11. The zero-order chi connectivity index (χ0) is 32.2. The second-order valence-corrected chi connectivity index (χ2v) is 10.6. The van der Waals surface area contributed by atoms with Crippen LogP contribution in [0.2, 0.25) is 0 Å². The largest absolute Gasteiger partial charge is 0.477 e. The Balaban J connectivity index is 0.000000178. The summed E-state index contributed by atoms with van der Waals surface area (Å²) < 4.78 is 17.8. The zero-order valence-electron chi connectivity index (χ0n) is 25.0. The molecule has 4 aromatic rings. The van der Waals surface area contributed by atoms with E-state index in [9.17, 15) is 23.6 Å². The number of rotatable bonds is 6. The molecule has 6 rings (SSSR count). The van der Waals surface area contributed by atoms with Crippen molar-refractivity contribution >= 4 is 45.5 Å². The van der Waals surface area contributed by atoms with Crippen LogP contribution in [0.5, 0.6) is 0 Å². The minimum absolute atomic E-state index is 0.100. The van der Waals surface area contributed by atoms with Crippen molar-refractivity contribution in [2.24, 2.45) is 0 Å². The van der Waals surface area contributed by atoms with Crippen LogP contribution in [0.3, 0.4) is 0 Å². The summed E-state index contributed by atoms with van der Waals surface area (Å²) in [5.41, 5.74) is -0.314. The van der Waals surface area contributed by atoms with Gasteiger partial charge in [0, 0.05) is 89.4 Å². The first-order chi connectivity index (χ1) is 21.6. The number of nitrogens with one attached hydrogen (secondary N) is 2. The highest BCUT2D eigenvalue weighted by molar-refractivity contribution is 5.94. The number of halogens is 1. The van der Waals surface area contributed by atoms with Gasteiger partial charge in [0.2, 0.25) is 16.8 Å². The van der Waals surface area contributed by atoms with Crippen molar-refractivity contribution in [1.82, 2.24) is 29.7 Å². The molecule has 0 spiro atoms. The molecule has 2 saturated heterocycles. The molecular formula is C30H35FN8O6. The monoisotopic (exact) mass is 622 g/mol. The number of fused-ring (bicyclic) bond motifs is 2. The summed E-state index contributed by atoms with van der Waals surface area (Å²) in [7, 11) is 0. The zero-order valence-corrected chi connectivity index (χ0v) is 25.0. The Hall–Kier alpha value is -4.89. The number of carboxylic acids is 2. The second-order valence-electron chi connectivity index (χ2n) is 10.6. The van der Waals surface area contributed by atoms with E-state index in [-0.39, 0.29) is 21.9 Å². The third-order valence-corrected chi connectivity index (χ3v) is 7.95. The van der Waals surface area contributed by atoms with Crippen LogP contribution in [0, 0.1) is 5.82 Å². The van der Waals surface area contributed by atoms with Crippen LogP contribution in [0.15, 0.2) is 40.3 Å². The lowest BCUT2D eigenvalue weighted by Crippen LogP contribution is -2.44. The van der Waals surface area contributed by atoms with Gasteiger partial charge in [0.15, 0.2) is 0 Å². The van der Waals surface area contributed by atoms with Gasteiger partial charge in [-0.05, 0) is 26.0 Å². The number of aryl methyl sites for hydroxylation is 2. The maximum atomic E-state index is 14.5. The first kappa shape index (κ1) is 31.5.